The number of pyridine rings is 1. The van der Waals surface area contributed by atoms with Crippen LogP contribution >= 0.6 is 0 Å². The number of urea groups is 1. The Labute approximate surface area is 180 Å². The first-order valence-electron chi connectivity index (χ1n) is 10.4. The topological polar surface area (TPSA) is 97.6 Å². The number of rotatable bonds is 2. The number of carbonyl (C=O) groups is 3. The summed E-state index contributed by atoms with van der Waals surface area (Å²) in [6, 6.07) is 7.35. The molecule has 158 valence electrons. The molecule has 8 heteroatoms. The van der Waals surface area contributed by atoms with E-state index in [1.807, 2.05) is 20.8 Å². The number of amides is 4. The van der Waals surface area contributed by atoms with Gasteiger partial charge in [-0.3, -0.25) is 14.6 Å². The number of benzene rings is 1. The third-order valence-corrected chi connectivity index (χ3v) is 6.37. The first-order valence-corrected chi connectivity index (χ1v) is 10.4. The molecule has 2 aromatic rings. The van der Waals surface area contributed by atoms with Gasteiger partial charge in [-0.25, -0.2) is 9.69 Å². The Kier molecular flexibility index (Phi) is 4.09. The second-order valence-electron chi connectivity index (χ2n) is 9.69. The Bertz CT molecular complexity index is 1180. The molecule has 3 aliphatic rings. The number of carbonyl (C=O) groups excluding carboxylic acids is 3. The molecule has 3 aliphatic heterocycles. The summed E-state index contributed by atoms with van der Waals surface area (Å²) in [5.41, 5.74) is 1.13. The van der Waals surface area contributed by atoms with E-state index in [0.717, 1.165) is 0 Å². The van der Waals surface area contributed by atoms with Gasteiger partial charge in [0, 0.05) is 24.5 Å². The molecular weight excluding hydrogens is 394 g/mol. The highest BCUT2D eigenvalue weighted by molar-refractivity contribution is 6.25. The molecule has 0 saturated carbocycles. The number of aromatic nitrogens is 1. The molecule has 0 spiro atoms. The monoisotopic (exact) mass is 417 g/mol. The molecule has 3 fully saturated rings. The second-order valence-corrected chi connectivity index (χ2v) is 9.69. The van der Waals surface area contributed by atoms with Crippen LogP contribution in [0.3, 0.4) is 0 Å². The Morgan fingerprint density at radius 2 is 2.03 bits per heavy atom. The van der Waals surface area contributed by atoms with Crippen LogP contribution in [0.15, 0.2) is 30.5 Å². The number of likely N-dealkylation sites (tertiary alicyclic amines) is 1. The van der Waals surface area contributed by atoms with E-state index in [0.29, 0.717) is 41.5 Å². The van der Waals surface area contributed by atoms with Crippen molar-refractivity contribution in [2.45, 2.75) is 51.7 Å². The van der Waals surface area contributed by atoms with Gasteiger partial charge in [-0.1, -0.05) is 20.8 Å². The van der Waals surface area contributed by atoms with Gasteiger partial charge in [0.25, 0.3) is 5.91 Å². The van der Waals surface area contributed by atoms with Gasteiger partial charge in [-0.05, 0) is 36.1 Å². The third kappa shape index (κ3) is 2.80. The molecule has 4 heterocycles. The SMILES string of the molecule is CC(C)(C)CC(=O)N1C[C@@H]2C[C@H]1[C@H]1C(=O)N(c3ccc(C#N)c4ncccc34)C(=O)N21. The summed E-state index contributed by atoms with van der Waals surface area (Å²) in [5, 5.41) is 9.96. The molecule has 4 amide bonds. The smallest absolute Gasteiger partial charge is 0.332 e. The molecule has 0 unspecified atom stereocenters. The van der Waals surface area contributed by atoms with Crippen molar-refractivity contribution in [1.29, 1.82) is 5.26 Å². The molecule has 3 saturated heterocycles. The fourth-order valence-electron chi connectivity index (χ4n) is 5.16. The van der Waals surface area contributed by atoms with Crippen LogP contribution in [0.1, 0.15) is 39.2 Å². The van der Waals surface area contributed by atoms with Gasteiger partial charge >= 0.3 is 6.03 Å². The van der Waals surface area contributed by atoms with Crippen LogP contribution in [-0.4, -0.2) is 57.3 Å². The number of anilines is 1. The highest BCUT2D eigenvalue weighted by atomic mass is 16.2. The molecule has 3 atom stereocenters. The van der Waals surface area contributed by atoms with E-state index in [9.17, 15) is 19.6 Å². The summed E-state index contributed by atoms with van der Waals surface area (Å²) >= 11 is 0. The number of fused-ring (bicyclic) bond motifs is 6. The van der Waals surface area contributed by atoms with E-state index in [1.54, 1.807) is 40.3 Å². The number of imide groups is 1. The maximum Gasteiger partial charge on any atom is 0.332 e. The number of nitriles is 1. The van der Waals surface area contributed by atoms with Crippen molar-refractivity contribution in [1.82, 2.24) is 14.8 Å². The average Bonchev–Trinajstić information content (AvgIpc) is 3.38. The molecule has 0 aliphatic carbocycles. The summed E-state index contributed by atoms with van der Waals surface area (Å²) < 4.78 is 0. The van der Waals surface area contributed by atoms with Crippen molar-refractivity contribution in [3.63, 3.8) is 0 Å². The van der Waals surface area contributed by atoms with E-state index in [4.69, 9.17) is 0 Å². The number of hydrogen-bond acceptors (Lipinski definition) is 5. The van der Waals surface area contributed by atoms with Gasteiger partial charge in [0.1, 0.15) is 12.1 Å². The Hall–Kier alpha value is -3.47. The van der Waals surface area contributed by atoms with Gasteiger partial charge in [0.15, 0.2) is 0 Å². The van der Waals surface area contributed by atoms with Crippen molar-refractivity contribution in [2.75, 3.05) is 11.4 Å². The molecule has 5 rings (SSSR count). The van der Waals surface area contributed by atoms with Crippen LogP contribution in [0, 0.1) is 16.7 Å². The van der Waals surface area contributed by atoms with Crippen molar-refractivity contribution in [3.8, 4) is 6.07 Å². The summed E-state index contributed by atoms with van der Waals surface area (Å²) in [6.45, 7) is 6.52. The predicted octanol–water partition coefficient (Wildman–Crippen LogP) is 2.66. The molecule has 0 radical (unpaired) electrons. The van der Waals surface area contributed by atoms with Crippen molar-refractivity contribution >= 4 is 34.4 Å². The molecule has 2 bridgehead atoms. The molecule has 31 heavy (non-hydrogen) atoms. The molecular formula is C23H23N5O3. The van der Waals surface area contributed by atoms with Crippen LogP contribution in [0.2, 0.25) is 0 Å². The highest BCUT2D eigenvalue weighted by Gasteiger charge is 2.63. The third-order valence-electron chi connectivity index (χ3n) is 6.37. The fraction of sp³-hybridized carbons (Fsp3) is 0.435. The lowest BCUT2D eigenvalue weighted by molar-refractivity contribution is -0.137. The maximum atomic E-state index is 13.5. The van der Waals surface area contributed by atoms with E-state index < -0.39 is 6.04 Å². The molecule has 1 aromatic heterocycles. The normalized spacial score (nSPS) is 24.8. The van der Waals surface area contributed by atoms with Crippen LogP contribution in [-0.2, 0) is 9.59 Å². The zero-order chi connectivity index (χ0) is 22.1. The fourth-order valence-corrected chi connectivity index (χ4v) is 5.16. The molecule has 0 N–H and O–H groups in total. The summed E-state index contributed by atoms with van der Waals surface area (Å²) in [7, 11) is 0. The van der Waals surface area contributed by atoms with Crippen molar-refractivity contribution in [2.24, 2.45) is 5.41 Å². The minimum atomic E-state index is -0.655. The van der Waals surface area contributed by atoms with E-state index >= 15 is 0 Å². The summed E-state index contributed by atoms with van der Waals surface area (Å²) in [5.74, 6) is -0.285. The Morgan fingerprint density at radius 1 is 1.26 bits per heavy atom. The van der Waals surface area contributed by atoms with E-state index in [1.165, 1.54) is 4.90 Å². The van der Waals surface area contributed by atoms with Gasteiger partial charge in [-0.15, -0.1) is 0 Å². The number of nitrogens with zero attached hydrogens (tertiary/aromatic N) is 5. The van der Waals surface area contributed by atoms with Crippen LogP contribution in [0.4, 0.5) is 10.5 Å². The standard InChI is InChI=1S/C23H23N5O3/c1-23(2,3)10-18(29)26-12-14-9-17(26)20-21(30)28(22(31)27(14)20)16-7-6-13(11-24)19-15(16)5-4-8-25-19/h4-8,14,17,20H,9-10,12H2,1-3H3/t14-,17-,20-/m0/s1. The van der Waals surface area contributed by atoms with Gasteiger partial charge in [-0.2, -0.15) is 5.26 Å². The second kappa shape index (κ2) is 6.51. The van der Waals surface area contributed by atoms with E-state index in [-0.39, 0.29) is 35.3 Å². The Morgan fingerprint density at radius 3 is 2.74 bits per heavy atom. The van der Waals surface area contributed by atoms with Gasteiger partial charge < -0.3 is 9.80 Å². The largest absolute Gasteiger partial charge is 0.335 e. The van der Waals surface area contributed by atoms with E-state index in [2.05, 4.69) is 11.1 Å². The van der Waals surface area contributed by atoms with Crippen molar-refractivity contribution in [3.05, 3.63) is 36.0 Å². The molecule has 1 aromatic carbocycles. The minimum absolute atomic E-state index is 0.0337. The minimum Gasteiger partial charge on any atom is -0.335 e. The van der Waals surface area contributed by atoms with Crippen LogP contribution in [0.25, 0.3) is 10.9 Å². The first-order chi connectivity index (χ1) is 14.7. The highest BCUT2D eigenvalue weighted by Crippen LogP contribution is 2.44. The molecule has 8 nitrogen and oxygen atoms in total. The summed E-state index contributed by atoms with van der Waals surface area (Å²) in [4.78, 5) is 48.6. The maximum absolute atomic E-state index is 13.5. The zero-order valence-corrected chi connectivity index (χ0v) is 17.7. The van der Waals surface area contributed by atoms with Crippen LogP contribution < -0.4 is 4.90 Å². The zero-order valence-electron chi connectivity index (χ0n) is 17.7. The lowest BCUT2D eigenvalue weighted by atomic mass is 9.91. The quantitative estimate of drug-likeness (QED) is 0.700. The Balaban J connectivity index is 1.51. The predicted molar refractivity (Wildman–Crippen MR) is 113 cm³/mol. The average molecular weight is 417 g/mol. The van der Waals surface area contributed by atoms with Crippen molar-refractivity contribution < 1.29 is 14.4 Å². The number of piperazine rings is 1. The summed E-state index contributed by atoms with van der Waals surface area (Å²) in [6.07, 6.45) is 2.63. The lowest BCUT2D eigenvalue weighted by Crippen LogP contribution is -2.55. The number of hydrogen-bond donors (Lipinski definition) is 0. The van der Waals surface area contributed by atoms with Gasteiger partial charge in [0.2, 0.25) is 5.91 Å². The first kappa shape index (κ1) is 19.5. The lowest BCUT2D eigenvalue weighted by Gasteiger charge is -2.36. The van der Waals surface area contributed by atoms with Crippen LogP contribution in [0.5, 0.6) is 0 Å². The van der Waals surface area contributed by atoms with Gasteiger partial charge in [0.05, 0.1) is 28.9 Å².